The van der Waals surface area contributed by atoms with Crippen LogP contribution in [0.4, 0.5) is 4.39 Å². The zero-order chi connectivity index (χ0) is 8.77. The fraction of sp³-hybridized carbons (Fsp3) is 0.400. The molecule has 2 rings (SSSR count). The number of halogens is 1. The first kappa shape index (κ1) is 7.74. The van der Waals surface area contributed by atoms with Crippen LogP contribution in [0.5, 0.6) is 0 Å². The number of fused-ring (bicyclic) bond motifs is 1. The van der Waals surface area contributed by atoms with Crippen LogP contribution in [0.15, 0.2) is 18.2 Å². The second kappa shape index (κ2) is 2.30. The topological polar surface area (TPSA) is 12.0 Å². The number of hydrogen-bond acceptors (Lipinski definition) is 1. The number of hydrogen-bond donors (Lipinski definition) is 1. The summed E-state index contributed by atoms with van der Waals surface area (Å²) >= 11 is 0. The molecule has 1 aromatic rings. The van der Waals surface area contributed by atoms with Gasteiger partial charge in [-0.3, -0.25) is 0 Å². The SMILES string of the molecule is CC1(C)NCc2ccc(F)cc21. The van der Waals surface area contributed by atoms with Gasteiger partial charge in [-0.05, 0) is 37.1 Å². The number of benzene rings is 1. The lowest BCUT2D eigenvalue weighted by molar-refractivity contribution is 0.441. The molecule has 0 spiro atoms. The van der Waals surface area contributed by atoms with Gasteiger partial charge in [-0.15, -0.1) is 0 Å². The lowest BCUT2D eigenvalue weighted by Gasteiger charge is -2.19. The van der Waals surface area contributed by atoms with Crippen LogP contribution in [0.3, 0.4) is 0 Å². The van der Waals surface area contributed by atoms with E-state index >= 15 is 0 Å². The van der Waals surface area contributed by atoms with E-state index in [-0.39, 0.29) is 11.4 Å². The molecule has 12 heavy (non-hydrogen) atoms. The molecule has 1 heterocycles. The molecule has 1 aliphatic rings. The maximum atomic E-state index is 12.9. The summed E-state index contributed by atoms with van der Waals surface area (Å²) < 4.78 is 12.9. The zero-order valence-corrected chi connectivity index (χ0v) is 7.32. The average molecular weight is 165 g/mol. The minimum atomic E-state index is -0.148. The smallest absolute Gasteiger partial charge is 0.123 e. The Morgan fingerprint density at radius 1 is 1.42 bits per heavy atom. The van der Waals surface area contributed by atoms with Crippen molar-refractivity contribution in [2.75, 3.05) is 0 Å². The molecule has 0 saturated heterocycles. The lowest BCUT2D eigenvalue weighted by atomic mass is 9.95. The molecular formula is C10H12FN. The van der Waals surface area contributed by atoms with E-state index in [4.69, 9.17) is 0 Å². The fourth-order valence-corrected chi connectivity index (χ4v) is 1.70. The van der Waals surface area contributed by atoms with Crippen LogP contribution in [0.2, 0.25) is 0 Å². The summed E-state index contributed by atoms with van der Waals surface area (Å²) in [6.45, 7) is 4.99. The molecule has 0 saturated carbocycles. The van der Waals surface area contributed by atoms with Gasteiger partial charge < -0.3 is 5.32 Å². The quantitative estimate of drug-likeness (QED) is 0.621. The van der Waals surface area contributed by atoms with Crippen LogP contribution >= 0.6 is 0 Å². The molecule has 0 amide bonds. The molecule has 2 heteroatoms. The normalized spacial score (nSPS) is 19.2. The molecule has 0 fully saturated rings. The van der Waals surface area contributed by atoms with Gasteiger partial charge in [-0.2, -0.15) is 0 Å². The summed E-state index contributed by atoms with van der Waals surface area (Å²) in [7, 11) is 0. The summed E-state index contributed by atoms with van der Waals surface area (Å²) in [6, 6.07) is 4.99. The van der Waals surface area contributed by atoms with Gasteiger partial charge in [-0.1, -0.05) is 6.07 Å². The van der Waals surface area contributed by atoms with Gasteiger partial charge in [0.25, 0.3) is 0 Å². The van der Waals surface area contributed by atoms with Gasteiger partial charge in [0.1, 0.15) is 5.82 Å². The molecule has 0 atom stereocenters. The molecule has 1 aromatic carbocycles. The molecular weight excluding hydrogens is 153 g/mol. The van der Waals surface area contributed by atoms with Gasteiger partial charge in [0.15, 0.2) is 0 Å². The highest BCUT2D eigenvalue weighted by Crippen LogP contribution is 2.30. The van der Waals surface area contributed by atoms with E-state index in [0.29, 0.717) is 0 Å². The first-order valence-electron chi connectivity index (χ1n) is 4.13. The van der Waals surface area contributed by atoms with Crippen molar-refractivity contribution in [3.8, 4) is 0 Å². The third kappa shape index (κ3) is 1.03. The second-order valence-corrected chi connectivity index (χ2v) is 3.78. The van der Waals surface area contributed by atoms with Crippen molar-refractivity contribution in [2.45, 2.75) is 25.9 Å². The van der Waals surface area contributed by atoms with Crippen molar-refractivity contribution in [3.05, 3.63) is 35.1 Å². The number of rotatable bonds is 0. The van der Waals surface area contributed by atoms with Crippen molar-refractivity contribution in [2.24, 2.45) is 0 Å². The molecule has 0 radical (unpaired) electrons. The maximum absolute atomic E-state index is 12.9. The highest BCUT2D eigenvalue weighted by Gasteiger charge is 2.28. The Hall–Kier alpha value is -0.890. The molecule has 64 valence electrons. The van der Waals surface area contributed by atoms with Crippen LogP contribution in [0.25, 0.3) is 0 Å². The Balaban J connectivity index is 2.57. The molecule has 1 N–H and O–H groups in total. The molecule has 0 aromatic heterocycles. The predicted octanol–water partition coefficient (Wildman–Crippen LogP) is 2.16. The fourth-order valence-electron chi connectivity index (χ4n) is 1.70. The Morgan fingerprint density at radius 2 is 2.17 bits per heavy atom. The molecule has 1 nitrogen and oxygen atoms in total. The van der Waals surface area contributed by atoms with E-state index in [1.54, 1.807) is 6.07 Å². The Kier molecular flexibility index (Phi) is 1.48. The van der Waals surface area contributed by atoms with E-state index in [0.717, 1.165) is 12.1 Å². The van der Waals surface area contributed by atoms with Crippen LogP contribution in [-0.2, 0) is 12.1 Å². The highest BCUT2D eigenvalue weighted by atomic mass is 19.1. The lowest BCUT2D eigenvalue weighted by Crippen LogP contribution is -2.28. The molecule has 0 unspecified atom stereocenters. The maximum Gasteiger partial charge on any atom is 0.123 e. The van der Waals surface area contributed by atoms with Crippen molar-refractivity contribution in [3.63, 3.8) is 0 Å². The monoisotopic (exact) mass is 165 g/mol. The summed E-state index contributed by atoms with van der Waals surface area (Å²) in [5.74, 6) is -0.148. The Labute approximate surface area is 71.6 Å². The van der Waals surface area contributed by atoms with E-state index in [1.165, 1.54) is 11.6 Å². The van der Waals surface area contributed by atoms with Crippen molar-refractivity contribution < 1.29 is 4.39 Å². The molecule has 1 aliphatic heterocycles. The van der Waals surface area contributed by atoms with E-state index in [9.17, 15) is 4.39 Å². The van der Waals surface area contributed by atoms with Crippen LogP contribution in [0, 0.1) is 5.82 Å². The standard InChI is InChI=1S/C10H12FN/c1-10(2)9-5-8(11)4-3-7(9)6-12-10/h3-5,12H,6H2,1-2H3. The van der Waals surface area contributed by atoms with E-state index < -0.39 is 0 Å². The van der Waals surface area contributed by atoms with Crippen LogP contribution in [0.1, 0.15) is 25.0 Å². The van der Waals surface area contributed by atoms with Crippen molar-refractivity contribution >= 4 is 0 Å². The van der Waals surface area contributed by atoms with Gasteiger partial charge in [0, 0.05) is 12.1 Å². The van der Waals surface area contributed by atoms with Crippen molar-refractivity contribution in [1.82, 2.24) is 5.32 Å². The second-order valence-electron chi connectivity index (χ2n) is 3.78. The van der Waals surface area contributed by atoms with Gasteiger partial charge in [0.2, 0.25) is 0 Å². The third-order valence-corrected chi connectivity index (χ3v) is 2.47. The zero-order valence-electron chi connectivity index (χ0n) is 7.32. The van der Waals surface area contributed by atoms with Crippen LogP contribution in [-0.4, -0.2) is 0 Å². The largest absolute Gasteiger partial charge is 0.304 e. The van der Waals surface area contributed by atoms with E-state index in [1.807, 2.05) is 6.07 Å². The van der Waals surface area contributed by atoms with Crippen LogP contribution < -0.4 is 5.32 Å². The Morgan fingerprint density at radius 3 is 2.92 bits per heavy atom. The summed E-state index contributed by atoms with van der Waals surface area (Å²) in [6.07, 6.45) is 0. The minimum Gasteiger partial charge on any atom is -0.304 e. The molecule has 0 bridgehead atoms. The van der Waals surface area contributed by atoms with Gasteiger partial charge >= 0.3 is 0 Å². The van der Waals surface area contributed by atoms with Gasteiger partial charge in [0.05, 0.1) is 0 Å². The van der Waals surface area contributed by atoms with Gasteiger partial charge in [-0.25, -0.2) is 4.39 Å². The van der Waals surface area contributed by atoms with E-state index in [2.05, 4.69) is 19.2 Å². The first-order chi connectivity index (χ1) is 5.59. The highest BCUT2D eigenvalue weighted by molar-refractivity contribution is 5.37. The predicted molar refractivity (Wildman–Crippen MR) is 46.3 cm³/mol. The molecule has 0 aliphatic carbocycles. The average Bonchev–Trinajstić information content (AvgIpc) is 2.28. The third-order valence-electron chi connectivity index (χ3n) is 2.47. The first-order valence-corrected chi connectivity index (χ1v) is 4.13. The van der Waals surface area contributed by atoms with Crippen molar-refractivity contribution in [1.29, 1.82) is 0 Å². The Bertz CT molecular complexity index is 318. The minimum absolute atomic E-state index is 0.0720. The summed E-state index contributed by atoms with van der Waals surface area (Å²) in [5, 5.41) is 3.32. The number of nitrogens with one attached hydrogen (secondary N) is 1. The summed E-state index contributed by atoms with van der Waals surface area (Å²) in [5.41, 5.74) is 2.22. The summed E-state index contributed by atoms with van der Waals surface area (Å²) in [4.78, 5) is 0.